The van der Waals surface area contributed by atoms with E-state index in [2.05, 4.69) is 23.7 Å². The maximum absolute atomic E-state index is 13.4. The van der Waals surface area contributed by atoms with Gasteiger partial charge < -0.3 is 19.2 Å². The SMILES string of the molecule is Cc1nc(C)c(C(OC(C)(C)C)C(=O)O)c(N2CCC(C)(C)CC2)c1-c1ccc(-c2ncc(-c3ccc(F)cc3)o2)cc1.Cl. The second-order valence-electron chi connectivity index (χ2n) is 13.1. The zero-order valence-electron chi connectivity index (χ0n) is 26.4. The predicted octanol–water partition coefficient (Wildman–Crippen LogP) is 8.82. The van der Waals surface area contributed by atoms with Crippen LogP contribution in [0.25, 0.3) is 33.9 Å². The summed E-state index contributed by atoms with van der Waals surface area (Å²) in [5, 5.41) is 10.4. The number of oxazole rings is 1. The van der Waals surface area contributed by atoms with Crippen LogP contribution < -0.4 is 4.90 Å². The average molecular weight is 622 g/mol. The van der Waals surface area contributed by atoms with Gasteiger partial charge in [0.2, 0.25) is 5.89 Å². The summed E-state index contributed by atoms with van der Waals surface area (Å²) in [7, 11) is 0. The summed E-state index contributed by atoms with van der Waals surface area (Å²) in [6.45, 7) is 15.6. The molecule has 1 unspecified atom stereocenters. The lowest BCUT2D eigenvalue weighted by Crippen LogP contribution is -2.39. The number of carboxylic acids is 1. The number of pyridine rings is 1. The molecule has 9 heteroatoms. The minimum absolute atomic E-state index is 0. The van der Waals surface area contributed by atoms with Crippen molar-refractivity contribution in [3.63, 3.8) is 0 Å². The average Bonchev–Trinajstić information content (AvgIpc) is 3.42. The van der Waals surface area contributed by atoms with Gasteiger partial charge in [0.25, 0.3) is 0 Å². The predicted molar refractivity (Wildman–Crippen MR) is 174 cm³/mol. The molecule has 5 rings (SSSR count). The number of carbonyl (C=O) groups is 1. The summed E-state index contributed by atoms with van der Waals surface area (Å²) in [5.41, 5.74) is 5.84. The molecule has 0 aliphatic carbocycles. The quantitative estimate of drug-likeness (QED) is 0.220. The second kappa shape index (κ2) is 12.7. The molecule has 1 N–H and O–H groups in total. The number of aliphatic carboxylic acids is 1. The van der Waals surface area contributed by atoms with E-state index < -0.39 is 17.7 Å². The molecule has 0 bridgehead atoms. The summed E-state index contributed by atoms with van der Waals surface area (Å²) in [6, 6.07) is 14.0. The van der Waals surface area contributed by atoms with Crippen LogP contribution >= 0.6 is 12.4 Å². The van der Waals surface area contributed by atoms with Gasteiger partial charge in [-0.2, -0.15) is 0 Å². The van der Waals surface area contributed by atoms with Gasteiger partial charge in [-0.05, 0) is 94.8 Å². The molecule has 0 spiro atoms. The molecule has 1 aliphatic rings. The smallest absolute Gasteiger partial charge is 0.337 e. The monoisotopic (exact) mass is 621 g/mol. The minimum atomic E-state index is -1.17. The molecule has 1 saturated heterocycles. The number of anilines is 1. The summed E-state index contributed by atoms with van der Waals surface area (Å²) in [6.07, 6.45) is 2.44. The molecule has 2 aromatic carbocycles. The number of hydrogen-bond donors (Lipinski definition) is 1. The number of carboxylic acid groups (broad SMARTS) is 1. The van der Waals surface area contributed by atoms with E-state index in [4.69, 9.17) is 14.1 Å². The summed E-state index contributed by atoms with van der Waals surface area (Å²) < 4.78 is 25.6. The summed E-state index contributed by atoms with van der Waals surface area (Å²) in [5.74, 6) is -0.343. The Balaban J connectivity index is 0.00000442. The van der Waals surface area contributed by atoms with Crippen molar-refractivity contribution in [3.05, 3.63) is 77.5 Å². The first-order chi connectivity index (χ1) is 20.2. The number of rotatable bonds is 7. The maximum atomic E-state index is 13.4. The fourth-order valence-electron chi connectivity index (χ4n) is 5.69. The Morgan fingerprint density at radius 3 is 2.11 bits per heavy atom. The number of ether oxygens (including phenoxy) is 1. The fraction of sp³-hybridized carbons (Fsp3) is 0.400. The Labute approximate surface area is 264 Å². The van der Waals surface area contributed by atoms with Gasteiger partial charge in [0.05, 0.1) is 17.5 Å². The number of piperidine rings is 1. The van der Waals surface area contributed by atoms with Crippen LogP contribution in [0.4, 0.5) is 10.1 Å². The highest BCUT2D eigenvalue weighted by Gasteiger charge is 2.36. The van der Waals surface area contributed by atoms with Gasteiger partial charge in [-0.1, -0.05) is 26.0 Å². The van der Waals surface area contributed by atoms with Crippen molar-refractivity contribution in [1.29, 1.82) is 0 Å². The van der Waals surface area contributed by atoms with E-state index in [1.807, 2.05) is 58.9 Å². The number of nitrogens with zero attached hydrogens (tertiary/aromatic N) is 3. The molecule has 0 saturated carbocycles. The Morgan fingerprint density at radius 1 is 0.977 bits per heavy atom. The van der Waals surface area contributed by atoms with Crippen molar-refractivity contribution in [1.82, 2.24) is 9.97 Å². The van der Waals surface area contributed by atoms with Crippen LogP contribution in [0.15, 0.2) is 59.1 Å². The lowest BCUT2D eigenvalue weighted by Gasteiger charge is -2.41. The van der Waals surface area contributed by atoms with Crippen LogP contribution in [-0.2, 0) is 9.53 Å². The van der Waals surface area contributed by atoms with Crippen molar-refractivity contribution in [2.24, 2.45) is 5.41 Å². The topological polar surface area (TPSA) is 88.7 Å². The van der Waals surface area contributed by atoms with E-state index >= 15 is 0 Å². The molecule has 0 amide bonds. The highest BCUT2D eigenvalue weighted by molar-refractivity contribution is 5.88. The maximum Gasteiger partial charge on any atom is 0.337 e. The van der Waals surface area contributed by atoms with Gasteiger partial charge in [-0.25, -0.2) is 14.2 Å². The van der Waals surface area contributed by atoms with E-state index in [1.54, 1.807) is 18.3 Å². The molecule has 1 aliphatic heterocycles. The molecule has 44 heavy (non-hydrogen) atoms. The van der Waals surface area contributed by atoms with Gasteiger partial charge >= 0.3 is 5.97 Å². The van der Waals surface area contributed by atoms with Crippen molar-refractivity contribution in [2.45, 2.75) is 73.0 Å². The summed E-state index contributed by atoms with van der Waals surface area (Å²) in [4.78, 5) is 24.3. The Bertz CT molecular complexity index is 1620. The van der Waals surface area contributed by atoms with Gasteiger partial charge in [0.1, 0.15) is 5.82 Å². The third kappa shape index (κ3) is 7.13. The van der Waals surface area contributed by atoms with Crippen LogP contribution in [0.5, 0.6) is 0 Å². The lowest BCUT2D eigenvalue weighted by atomic mass is 9.81. The standard InChI is InChI=1S/C35H40FN3O4.ClH/c1-21-28(24-8-10-25(11-9-24)32-37-20-27(42-32)23-12-14-26(36)15-13-23)30(39-18-16-35(6,7)17-19-39)29(22(2)38-21)31(33(40)41)43-34(3,4)5;/h8-15,20,31H,16-19H2,1-7H3,(H,40,41);1H. The Hall–Kier alpha value is -3.75. The van der Waals surface area contributed by atoms with Crippen LogP contribution in [0, 0.1) is 25.1 Å². The van der Waals surface area contributed by atoms with E-state index in [1.165, 1.54) is 12.1 Å². The molecule has 1 fully saturated rings. The van der Waals surface area contributed by atoms with Crippen molar-refractivity contribution in [3.8, 4) is 33.9 Å². The number of benzene rings is 2. The van der Waals surface area contributed by atoms with Crippen molar-refractivity contribution in [2.75, 3.05) is 18.0 Å². The molecular formula is C35H41ClFN3O4. The number of aromatic nitrogens is 2. The van der Waals surface area contributed by atoms with E-state index in [0.29, 0.717) is 22.9 Å². The van der Waals surface area contributed by atoms with Gasteiger partial charge in [0.15, 0.2) is 11.9 Å². The molecule has 3 heterocycles. The molecule has 4 aromatic rings. The van der Waals surface area contributed by atoms with E-state index in [9.17, 15) is 14.3 Å². The number of aryl methyl sites for hydroxylation is 2. The Morgan fingerprint density at radius 2 is 1.55 bits per heavy atom. The largest absolute Gasteiger partial charge is 0.479 e. The molecule has 234 valence electrons. The van der Waals surface area contributed by atoms with Crippen molar-refractivity contribution >= 4 is 24.1 Å². The lowest BCUT2D eigenvalue weighted by molar-refractivity contribution is -0.160. The zero-order valence-corrected chi connectivity index (χ0v) is 27.2. The third-order valence-electron chi connectivity index (χ3n) is 8.02. The van der Waals surface area contributed by atoms with Crippen LogP contribution in [0.2, 0.25) is 0 Å². The van der Waals surface area contributed by atoms with Crippen molar-refractivity contribution < 1.29 is 23.4 Å². The minimum Gasteiger partial charge on any atom is -0.479 e. The molecule has 7 nitrogen and oxygen atoms in total. The van der Waals surface area contributed by atoms with E-state index in [0.717, 1.165) is 59.6 Å². The first-order valence-electron chi connectivity index (χ1n) is 14.7. The normalized spacial score (nSPS) is 15.5. The van der Waals surface area contributed by atoms with Gasteiger partial charge in [-0.3, -0.25) is 4.98 Å². The van der Waals surface area contributed by atoms with Gasteiger partial charge in [0, 0.05) is 46.7 Å². The first kappa shape index (κ1) is 33.1. The zero-order chi connectivity index (χ0) is 31.1. The first-order valence-corrected chi connectivity index (χ1v) is 14.7. The fourth-order valence-corrected chi connectivity index (χ4v) is 5.69. The Kier molecular flexibility index (Phi) is 9.57. The molecule has 0 radical (unpaired) electrons. The molecule has 2 aromatic heterocycles. The van der Waals surface area contributed by atoms with E-state index in [-0.39, 0.29) is 23.6 Å². The van der Waals surface area contributed by atoms with Crippen LogP contribution in [-0.4, -0.2) is 39.7 Å². The highest BCUT2D eigenvalue weighted by atomic mass is 35.5. The van der Waals surface area contributed by atoms with Crippen LogP contribution in [0.3, 0.4) is 0 Å². The summed E-state index contributed by atoms with van der Waals surface area (Å²) >= 11 is 0. The number of hydrogen-bond acceptors (Lipinski definition) is 6. The molecule has 1 atom stereocenters. The van der Waals surface area contributed by atoms with Crippen LogP contribution in [0.1, 0.15) is 70.5 Å². The number of halogens is 2. The second-order valence-corrected chi connectivity index (χ2v) is 13.1. The molecular weight excluding hydrogens is 581 g/mol. The highest BCUT2D eigenvalue weighted by Crippen LogP contribution is 2.45. The third-order valence-corrected chi connectivity index (χ3v) is 8.02. The van der Waals surface area contributed by atoms with Gasteiger partial charge in [-0.15, -0.1) is 12.4 Å².